The average Bonchev–Trinajstić information content (AvgIpc) is 2.68. The van der Waals surface area contributed by atoms with Gasteiger partial charge >= 0.3 is 6.41 Å². The number of pyridine rings is 1. The summed E-state index contributed by atoms with van der Waals surface area (Å²) in [4.78, 5) is 19.0. The molecule has 0 aromatic carbocycles. The molecule has 0 aliphatic carbocycles. The van der Waals surface area contributed by atoms with E-state index < -0.39 is 0 Å². The molecule has 0 aliphatic rings. The predicted molar refractivity (Wildman–Crippen MR) is 54.8 cm³/mol. The SMILES string of the molecule is Cc1nccn1N([C]=O)c1ccccn1. The van der Waals surface area contributed by atoms with Crippen LogP contribution in [-0.4, -0.2) is 21.1 Å². The van der Waals surface area contributed by atoms with Gasteiger partial charge in [-0.2, -0.15) is 5.01 Å². The molecule has 15 heavy (non-hydrogen) atoms. The van der Waals surface area contributed by atoms with Gasteiger partial charge in [0.25, 0.3) is 0 Å². The Hall–Kier alpha value is -2.17. The zero-order valence-electron chi connectivity index (χ0n) is 8.16. The lowest BCUT2D eigenvalue weighted by Gasteiger charge is -2.16. The topological polar surface area (TPSA) is 51.0 Å². The Morgan fingerprint density at radius 2 is 2.20 bits per heavy atom. The quantitative estimate of drug-likeness (QED) is 0.694. The molecule has 0 spiro atoms. The highest BCUT2D eigenvalue weighted by Gasteiger charge is 2.10. The molecule has 0 bridgehead atoms. The van der Waals surface area contributed by atoms with Gasteiger partial charge in [0.1, 0.15) is 5.82 Å². The molecule has 2 aromatic heterocycles. The van der Waals surface area contributed by atoms with Crippen LogP contribution < -0.4 is 5.01 Å². The highest BCUT2D eigenvalue weighted by atomic mass is 16.1. The van der Waals surface area contributed by atoms with Crippen molar-refractivity contribution in [1.29, 1.82) is 0 Å². The molecular formula is C10H9N4O. The van der Waals surface area contributed by atoms with E-state index in [1.807, 2.05) is 0 Å². The molecule has 75 valence electrons. The maximum Gasteiger partial charge on any atom is 0.339 e. The number of anilines is 1. The molecule has 5 nitrogen and oxygen atoms in total. The van der Waals surface area contributed by atoms with E-state index in [4.69, 9.17) is 0 Å². The van der Waals surface area contributed by atoms with Crippen molar-refractivity contribution < 1.29 is 4.79 Å². The lowest BCUT2D eigenvalue weighted by Crippen LogP contribution is -2.28. The van der Waals surface area contributed by atoms with Crippen LogP contribution in [0.2, 0.25) is 0 Å². The number of hydrogen-bond donors (Lipinski definition) is 0. The highest BCUT2D eigenvalue weighted by Crippen LogP contribution is 2.09. The van der Waals surface area contributed by atoms with E-state index in [2.05, 4.69) is 9.97 Å². The van der Waals surface area contributed by atoms with Crippen molar-refractivity contribution in [2.24, 2.45) is 0 Å². The van der Waals surface area contributed by atoms with Gasteiger partial charge in [0.2, 0.25) is 0 Å². The first-order valence-corrected chi connectivity index (χ1v) is 4.42. The van der Waals surface area contributed by atoms with Crippen LogP contribution in [0.1, 0.15) is 5.82 Å². The van der Waals surface area contributed by atoms with Gasteiger partial charge in [0, 0.05) is 18.6 Å². The molecule has 2 heterocycles. The lowest BCUT2D eigenvalue weighted by atomic mass is 10.4. The summed E-state index contributed by atoms with van der Waals surface area (Å²) < 4.78 is 1.58. The van der Waals surface area contributed by atoms with Crippen LogP contribution in [0.15, 0.2) is 36.8 Å². The molecule has 0 saturated heterocycles. The van der Waals surface area contributed by atoms with Crippen molar-refractivity contribution in [2.45, 2.75) is 6.92 Å². The summed E-state index contributed by atoms with van der Waals surface area (Å²) in [5.74, 6) is 1.21. The van der Waals surface area contributed by atoms with E-state index in [0.717, 1.165) is 0 Å². The molecule has 1 amide bonds. The second kappa shape index (κ2) is 3.91. The second-order valence-electron chi connectivity index (χ2n) is 2.91. The number of rotatable bonds is 3. The third-order valence-electron chi connectivity index (χ3n) is 1.97. The van der Waals surface area contributed by atoms with Crippen LogP contribution in [0.3, 0.4) is 0 Å². The molecule has 0 unspecified atom stereocenters. The predicted octanol–water partition coefficient (Wildman–Crippen LogP) is 0.923. The number of aryl methyl sites for hydroxylation is 1. The molecule has 1 radical (unpaired) electrons. The maximum absolute atomic E-state index is 10.9. The number of nitrogens with zero attached hydrogens (tertiary/aromatic N) is 4. The van der Waals surface area contributed by atoms with Crippen molar-refractivity contribution >= 4 is 12.2 Å². The summed E-state index contributed by atoms with van der Waals surface area (Å²) in [6.45, 7) is 1.80. The largest absolute Gasteiger partial charge is 0.339 e. The second-order valence-corrected chi connectivity index (χ2v) is 2.91. The molecule has 0 saturated carbocycles. The van der Waals surface area contributed by atoms with Crippen LogP contribution in [-0.2, 0) is 4.79 Å². The van der Waals surface area contributed by atoms with Crippen molar-refractivity contribution in [1.82, 2.24) is 14.6 Å². The maximum atomic E-state index is 10.9. The Kier molecular flexibility index (Phi) is 2.45. The minimum atomic E-state index is 0.508. The monoisotopic (exact) mass is 201 g/mol. The zero-order chi connectivity index (χ0) is 10.7. The molecule has 2 rings (SSSR count). The zero-order valence-corrected chi connectivity index (χ0v) is 8.16. The third kappa shape index (κ3) is 1.71. The van der Waals surface area contributed by atoms with E-state index in [1.165, 1.54) is 5.01 Å². The fraction of sp³-hybridized carbons (Fsp3) is 0.100. The summed E-state index contributed by atoms with van der Waals surface area (Å²) >= 11 is 0. The fourth-order valence-electron chi connectivity index (χ4n) is 1.26. The third-order valence-corrected chi connectivity index (χ3v) is 1.97. The van der Waals surface area contributed by atoms with Crippen LogP contribution in [0, 0.1) is 6.92 Å². The van der Waals surface area contributed by atoms with Crippen LogP contribution >= 0.6 is 0 Å². The van der Waals surface area contributed by atoms with E-state index in [1.54, 1.807) is 54.8 Å². The van der Waals surface area contributed by atoms with Gasteiger partial charge in [0.05, 0.1) is 0 Å². The molecule has 0 atom stereocenters. The minimum absolute atomic E-state index is 0.508. The molecule has 0 aliphatic heterocycles. The number of carbonyl (C=O) groups excluding carboxylic acids is 1. The van der Waals surface area contributed by atoms with Gasteiger partial charge in [-0.1, -0.05) is 6.07 Å². The van der Waals surface area contributed by atoms with Crippen molar-refractivity contribution in [3.63, 3.8) is 0 Å². The van der Waals surface area contributed by atoms with Crippen molar-refractivity contribution in [2.75, 3.05) is 5.01 Å². The number of amides is 1. The number of hydrogen-bond acceptors (Lipinski definition) is 3. The first-order chi connectivity index (χ1) is 7.33. The molecule has 0 fully saturated rings. The standard InChI is InChI=1S/C10H9N4O/c1-9-11-6-7-13(9)14(8-15)10-4-2-3-5-12-10/h2-7H,1H3. The van der Waals surface area contributed by atoms with Crippen molar-refractivity contribution in [3.05, 3.63) is 42.6 Å². The summed E-state index contributed by atoms with van der Waals surface area (Å²) in [6.07, 6.45) is 6.71. The Morgan fingerprint density at radius 1 is 1.33 bits per heavy atom. The molecule has 2 aromatic rings. The Morgan fingerprint density at radius 3 is 2.73 bits per heavy atom. The van der Waals surface area contributed by atoms with Crippen LogP contribution in [0.25, 0.3) is 0 Å². The lowest BCUT2D eigenvalue weighted by molar-refractivity contribution is 0.542. The van der Waals surface area contributed by atoms with E-state index >= 15 is 0 Å². The molecule has 0 N–H and O–H groups in total. The van der Waals surface area contributed by atoms with Gasteiger partial charge in [-0.05, 0) is 19.1 Å². The highest BCUT2D eigenvalue weighted by molar-refractivity contribution is 5.72. The summed E-state index contributed by atoms with van der Waals surface area (Å²) in [5.41, 5.74) is 0. The Labute approximate surface area is 87.0 Å². The van der Waals surface area contributed by atoms with Gasteiger partial charge in [-0.25, -0.2) is 14.6 Å². The van der Waals surface area contributed by atoms with Gasteiger partial charge < -0.3 is 0 Å². The van der Waals surface area contributed by atoms with E-state index in [9.17, 15) is 4.79 Å². The minimum Gasteiger partial charge on any atom is -0.261 e. The Bertz CT molecular complexity index is 451. The normalized spacial score (nSPS) is 9.93. The van der Waals surface area contributed by atoms with Crippen LogP contribution in [0.5, 0.6) is 0 Å². The van der Waals surface area contributed by atoms with E-state index in [0.29, 0.717) is 11.6 Å². The van der Waals surface area contributed by atoms with Gasteiger partial charge in [-0.3, -0.25) is 4.79 Å². The smallest absolute Gasteiger partial charge is 0.261 e. The summed E-state index contributed by atoms with van der Waals surface area (Å²) in [6, 6.07) is 5.32. The average molecular weight is 201 g/mol. The Balaban J connectivity index is 2.42. The first-order valence-electron chi connectivity index (χ1n) is 4.42. The van der Waals surface area contributed by atoms with E-state index in [-0.39, 0.29) is 0 Å². The van der Waals surface area contributed by atoms with Gasteiger partial charge in [0.15, 0.2) is 5.82 Å². The van der Waals surface area contributed by atoms with Gasteiger partial charge in [-0.15, -0.1) is 0 Å². The summed E-state index contributed by atoms with van der Waals surface area (Å²) in [7, 11) is 0. The molecule has 5 heteroatoms. The number of aromatic nitrogens is 3. The molecular weight excluding hydrogens is 192 g/mol. The van der Waals surface area contributed by atoms with Crippen LogP contribution in [0.4, 0.5) is 5.82 Å². The van der Waals surface area contributed by atoms with Crippen molar-refractivity contribution in [3.8, 4) is 0 Å². The fourth-order valence-corrected chi connectivity index (χ4v) is 1.26. The first kappa shape index (κ1) is 9.39. The summed E-state index contributed by atoms with van der Waals surface area (Å²) in [5, 5.41) is 1.27. The number of imidazole rings is 1.